The molecule has 3 heterocycles. The summed E-state index contributed by atoms with van der Waals surface area (Å²) >= 11 is 0. The highest BCUT2D eigenvalue weighted by molar-refractivity contribution is 5.75. The van der Waals surface area contributed by atoms with Gasteiger partial charge in [-0.2, -0.15) is 0 Å². The van der Waals surface area contributed by atoms with Crippen LogP contribution in [0.3, 0.4) is 0 Å². The molecule has 2 amide bonds. The number of piperidine rings is 2. The van der Waals surface area contributed by atoms with Crippen molar-refractivity contribution in [2.45, 2.75) is 58.0 Å². The van der Waals surface area contributed by atoms with Crippen molar-refractivity contribution < 1.29 is 4.79 Å². The Balaban J connectivity index is 1.64. The lowest BCUT2D eigenvalue weighted by molar-refractivity contribution is 0.0214. The first-order valence-electron chi connectivity index (χ1n) is 8.44. The van der Waals surface area contributed by atoms with E-state index in [9.17, 15) is 4.79 Å². The van der Waals surface area contributed by atoms with Crippen molar-refractivity contribution in [3.05, 3.63) is 0 Å². The molecule has 20 heavy (non-hydrogen) atoms. The summed E-state index contributed by atoms with van der Waals surface area (Å²) in [7, 11) is 0. The van der Waals surface area contributed by atoms with Crippen LogP contribution < -0.4 is 0 Å². The molecule has 0 aromatic heterocycles. The summed E-state index contributed by atoms with van der Waals surface area (Å²) in [6, 6.07) is 1.29. The highest BCUT2D eigenvalue weighted by Gasteiger charge is 2.37. The minimum Gasteiger partial charge on any atom is -0.324 e. The molecule has 0 saturated carbocycles. The van der Waals surface area contributed by atoms with E-state index in [2.05, 4.69) is 28.5 Å². The van der Waals surface area contributed by atoms with Crippen LogP contribution >= 0.6 is 0 Å². The fourth-order valence-electron chi connectivity index (χ4n) is 4.16. The number of rotatable bonds is 0. The van der Waals surface area contributed by atoms with Gasteiger partial charge >= 0.3 is 6.03 Å². The predicted molar refractivity (Wildman–Crippen MR) is 80.7 cm³/mol. The molecule has 0 aliphatic carbocycles. The predicted octanol–water partition coefficient (Wildman–Crippen LogP) is 2.40. The van der Waals surface area contributed by atoms with Crippen LogP contribution in [-0.4, -0.2) is 65.5 Å². The first kappa shape index (κ1) is 14.2. The maximum atomic E-state index is 12.8. The second-order valence-corrected chi connectivity index (χ2v) is 7.12. The van der Waals surface area contributed by atoms with Crippen LogP contribution in [0, 0.1) is 5.92 Å². The number of nitrogens with zero attached hydrogens (tertiary/aromatic N) is 3. The van der Waals surface area contributed by atoms with Crippen molar-refractivity contribution in [1.82, 2.24) is 14.7 Å². The van der Waals surface area contributed by atoms with Crippen LogP contribution in [0.15, 0.2) is 0 Å². The summed E-state index contributed by atoms with van der Waals surface area (Å²) in [5.41, 5.74) is 0. The Morgan fingerprint density at radius 2 is 1.80 bits per heavy atom. The van der Waals surface area contributed by atoms with E-state index in [1.54, 1.807) is 0 Å². The standard InChI is InChI=1S/C16H29N3O/c1-13-6-5-9-18(10-13)16(20)19-12-15-7-3-4-8-17(15)11-14(19)2/h13-15H,3-12H2,1-2H3. The van der Waals surface area contributed by atoms with E-state index in [1.165, 1.54) is 38.6 Å². The van der Waals surface area contributed by atoms with Crippen molar-refractivity contribution in [2.75, 3.05) is 32.7 Å². The average Bonchev–Trinajstić information content (AvgIpc) is 2.46. The number of likely N-dealkylation sites (tertiary alicyclic amines) is 1. The third-order valence-electron chi connectivity index (χ3n) is 5.36. The van der Waals surface area contributed by atoms with E-state index in [0.29, 0.717) is 24.0 Å². The number of urea groups is 1. The van der Waals surface area contributed by atoms with E-state index >= 15 is 0 Å². The maximum Gasteiger partial charge on any atom is 0.320 e. The third kappa shape index (κ3) is 2.80. The van der Waals surface area contributed by atoms with Gasteiger partial charge in [-0.3, -0.25) is 4.90 Å². The van der Waals surface area contributed by atoms with Gasteiger partial charge in [0.05, 0.1) is 0 Å². The summed E-state index contributed by atoms with van der Waals surface area (Å²) < 4.78 is 0. The number of hydrogen-bond acceptors (Lipinski definition) is 2. The fraction of sp³-hybridized carbons (Fsp3) is 0.938. The average molecular weight is 279 g/mol. The van der Waals surface area contributed by atoms with Crippen molar-refractivity contribution in [2.24, 2.45) is 5.92 Å². The van der Waals surface area contributed by atoms with Crippen LogP contribution in [0.1, 0.15) is 46.0 Å². The van der Waals surface area contributed by atoms with E-state index in [1.807, 2.05) is 0 Å². The Morgan fingerprint density at radius 1 is 0.950 bits per heavy atom. The van der Waals surface area contributed by atoms with Gasteiger partial charge in [0.15, 0.2) is 0 Å². The van der Waals surface area contributed by atoms with Crippen LogP contribution in [0.2, 0.25) is 0 Å². The smallest absolute Gasteiger partial charge is 0.320 e. The molecule has 0 bridgehead atoms. The van der Waals surface area contributed by atoms with Crippen molar-refractivity contribution in [3.8, 4) is 0 Å². The quantitative estimate of drug-likeness (QED) is 0.681. The molecule has 3 unspecified atom stereocenters. The van der Waals surface area contributed by atoms with Gasteiger partial charge in [0, 0.05) is 38.3 Å². The molecular formula is C16H29N3O. The molecule has 3 saturated heterocycles. The second kappa shape index (κ2) is 5.92. The summed E-state index contributed by atoms with van der Waals surface area (Å²) in [5, 5.41) is 0. The van der Waals surface area contributed by atoms with Gasteiger partial charge in [0.25, 0.3) is 0 Å². The van der Waals surface area contributed by atoms with Gasteiger partial charge in [0.2, 0.25) is 0 Å². The minimum absolute atomic E-state index is 0.300. The zero-order chi connectivity index (χ0) is 14.1. The van der Waals surface area contributed by atoms with Gasteiger partial charge < -0.3 is 9.80 Å². The number of hydrogen-bond donors (Lipinski definition) is 0. The Bertz CT molecular complexity index is 360. The molecule has 3 aliphatic rings. The molecule has 0 radical (unpaired) electrons. The maximum absolute atomic E-state index is 12.8. The van der Waals surface area contributed by atoms with Gasteiger partial charge in [-0.15, -0.1) is 0 Å². The third-order valence-corrected chi connectivity index (χ3v) is 5.36. The molecule has 3 fully saturated rings. The van der Waals surface area contributed by atoms with Crippen LogP contribution in [-0.2, 0) is 0 Å². The Hall–Kier alpha value is -0.770. The number of piperazine rings is 1. The van der Waals surface area contributed by atoms with Gasteiger partial charge in [0.1, 0.15) is 0 Å². The lowest BCUT2D eigenvalue weighted by Gasteiger charge is -2.49. The molecule has 0 spiro atoms. The van der Waals surface area contributed by atoms with Gasteiger partial charge in [-0.1, -0.05) is 13.3 Å². The number of carbonyl (C=O) groups excluding carboxylic acids is 1. The van der Waals surface area contributed by atoms with Crippen LogP contribution in [0.25, 0.3) is 0 Å². The summed E-state index contributed by atoms with van der Waals surface area (Å²) in [6.45, 7) is 9.65. The zero-order valence-corrected chi connectivity index (χ0v) is 13.1. The summed E-state index contributed by atoms with van der Waals surface area (Å²) in [6.07, 6.45) is 6.38. The van der Waals surface area contributed by atoms with Gasteiger partial charge in [-0.25, -0.2) is 4.79 Å². The first-order chi connectivity index (χ1) is 9.65. The molecule has 0 aromatic rings. The minimum atomic E-state index is 0.300. The number of fused-ring (bicyclic) bond motifs is 1. The van der Waals surface area contributed by atoms with Crippen molar-refractivity contribution in [3.63, 3.8) is 0 Å². The zero-order valence-electron chi connectivity index (χ0n) is 13.1. The molecule has 4 nitrogen and oxygen atoms in total. The molecule has 3 rings (SSSR count). The van der Waals surface area contributed by atoms with E-state index in [0.717, 1.165) is 26.2 Å². The molecule has 0 N–H and O–H groups in total. The summed E-state index contributed by atoms with van der Waals surface area (Å²) in [5.74, 6) is 0.666. The summed E-state index contributed by atoms with van der Waals surface area (Å²) in [4.78, 5) is 19.7. The lowest BCUT2D eigenvalue weighted by Crippen LogP contribution is -2.62. The first-order valence-corrected chi connectivity index (χ1v) is 8.44. The molecule has 4 heteroatoms. The highest BCUT2D eigenvalue weighted by atomic mass is 16.2. The Morgan fingerprint density at radius 3 is 2.60 bits per heavy atom. The van der Waals surface area contributed by atoms with E-state index in [4.69, 9.17) is 0 Å². The second-order valence-electron chi connectivity index (χ2n) is 7.12. The number of amides is 2. The Labute approximate surface area is 123 Å². The normalized spacial score (nSPS) is 35.8. The van der Waals surface area contributed by atoms with E-state index < -0.39 is 0 Å². The molecular weight excluding hydrogens is 250 g/mol. The van der Waals surface area contributed by atoms with E-state index in [-0.39, 0.29) is 0 Å². The molecule has 114 valence electrons. The molecule has 3 aliphatic heterocycles. The molecule has 3 atom stereocenters. The lowest BCUT2D eigenvalue weighted by atomic mass is 9.97. The van der Waals surface area contributed by atoms with Gasteiger partial charge in [-0.05, 0) is 45.1 Å². The number of carbonyl (C=O) groups is 1. The van der Waals surface area contributed by atoms with Crippen LogP contribution in [0.5, 0.6) is 0 Å². The van der Waals surface area contributed by atoms with Crippen molar-refractivity contribution >= 4 is 6.03 Å². The SMILES string of the molecule is CC1CCCN(C(=O)N2CC3CCCCN3CC2C)C1. The van der Waals surface area contributed by atoms with Crippen molar-refractivity contribution in [1.29, 1.82) is 0 Å². The fourth-order valence-corrected chi connectivity index (χ4v) is 4.16. The topological polar surface area (TPSA) is 26.8 Å². The largest absolute Gasteiger partial charge is 0.324 e. The van der Waals surface area contributed by atoms with Crippen LogP contribution in [0.4, 0.5) is 4.79 Å². The molecule has 0 aromatic carbocycles. The highest BCUT2D eigenvalue weighted by Crippen LogP contribution is 2.26. The monoisotopic (exact) mass is 279 g/mol. The Kier molecular flexibility index (Phi) is 4.20.